The number of allylic oxidation sites excluding steroid dienone is 18. The van der Waals surface area contributed by atoms with E-state index in [0.717, 1.165) is 116 Å². The molecular weight excluding hydrogens is 853 g/mol. The van der Waals surface area contributed by atoms with Crippen LogP contribution in [0.25, 0.3) is 0 Å². The molecule has 0 aromatic carbocycles. The molecule has 0 saturated heterocycles. The molecule has 0 rings (SSSR count). The molecule has 0 aromatic heterocycles. The number of carbonyl (C=O) groups is 3. The highest BCUT2D eigenvalue weighted by atomic mass is 16.6. The molecule has 0 spiro atoms. The number of esters is 3. The predicted molar refractivity (Wildman–Crippen MR) is 297 cm³/mol. The zero-order chi connectivity index (χ0) is 50.0. The van der Waals surface area contributed by atoms with Gasteiger partial charge in [-0.1, -0.05) is 226 Å². The van der Waals surface area contributed by atoms with E-state index in [4.69, 9.17) is 14.2 Å². The minimum absolute atomic E-state index is 0.0992. The van der Waals surface area contributed by atoms with Gasteiger partial charge in [0.25, 0.3) is 0 Å². The standard InChI is InChI=1S/C63H104O6/c1-4-7-10-13-16-19-22-24-26-27-28-29-30-31-32-33-34-35-37-38-41-44-47-50-53-56-62(65)68-59-60(58-67-61(64)55-52-49-46-43-40-21-18-15-12-9-6-3)69-63(66)57-54-51-48-45-42-39-36-25-23-20-17-14-11-8-5-2/h7-8,10-11,15-20,24-26,28-29,36,42,45,60H,4-6,9,12-14,21-23,27,30-35,37-41,43-44,46-59H2,1-3H3/b10-7-,11-8-,18-15-,19-16-,20-17-,26-24-,29-28-,36-25-,45-42-. The van der Waals surface area contributed by atoms with E-state index in [1.165, 1.54) is 89.9 Å². The third-order valence-electron chi connectivity index (χ3n) is 11.7. The first kappa shape index (κ1) is 65.1. The molecule has 0 N–H and O–H groups in total. The van der Waals surface area contributed by atoms with Gasteiger partial charge in [-0.25, -0.2) is 0 Å². The van der Waals surface area contributed by atoms with Crippen LogP contribution in [-0.4, -0.2) is 37.2 Å². The maximum Gasteiger partial charge on any atom is 0.306 e. The lowest BCUT2D eigenvalue weighted by Gasteiger charge is -2.18. The Balaban J connectivity index is 4.32. The van der Waals surface area contributed by atoms with Crippen LogP contribution in [0.5, 0.6) is 0 Å². The topological polar surface area (TPSA) is 78.9 Å². The fourth-order valence-corrected chi connectivity index (χ4v) is 7.52. The van der Waals surface area contributed by atoms with E-state index in [0.29, 0.717) is 19.3 Å². The van der Waals surface area contributed by atoms with Crippen LogP contribution in [0.15, 0.2) is 109 Å². The Hall–Kier alpha value is -3.93. The van der Waals surface area contributed by atoms with Crippen molar-refractivity contribution in [3.05, 3.63) is 109 Å². The van der Waals surface area contributed by atoms with Gasteiger partial charge in [-0.3, -0.25) is 14.4 Å². The summed E-state index contributed by atoms with van der Waals surface area (Å²) in [5.41, 5.74) is 0. The maximum absolute atomic E-state index is 12.8. The van der Waals surface area contributed by atoms with Gasteiger partial charge in [-0.15, -0.1) is 0 Å². The minimum atomic E-state index is -0.804. The van der Waals surface area contributed by atoms with Gasteiger partial charge in [-0.2, -0.15) is 0 Å². The smallest absolute Gasteiger partial charge is 0.306 e. The van der Waals surface area contributed by atoms with Crippen molar-refractivity contribution in [3.63, 3.8) is 0 Å². The molecule has 0 aromatic rings. The number of unbranched alkanes of at least 4 members (excludes halogenated alkanes) is 21. The highest BCUT2D eigenvalue weighted by Gasteiger charge is 2.19. The quantitative estimate of drug-likeness (QED) is 0.0262. The number of rotatable bonds is 50. The molecule has 69 heavy (non-hydrogen) atoms. The molecule has 6 nitrogen and oxygen atoms in total. The molecule has 0 heterocycles. The van der Waals surface area contributed by atoms with Gasteiger partial charge in [-0.05, 0) is 116 Å². The average molecular weight is 958 g/mol. The van der Waals surface area contributed by atoms with Crippen molar-refractivity contribution in [1.82, 2.24) is 0 Å². The number of ether oxygens (including phenoxy) is 3. The molecule has 0 radical (unpaired) electrons. The van der Waals surface area contributed by atoms with Gasteiger partial charge in [0.2, 0.25) is 0 Å². The lowest BCUT2D eigenvalue weighted by molar-refractivity contribution is -0.167. The highest BCUT2D eigenvalue weighted by molar-refractivity contribution is 5.71. The van der Waals surface area contributed by atoms with Crippen molar-refractivity contribution in [2.24, 2.45) is 0 Å². The Morgan fingerprint density at radius 2 is 0.565 bits per heavy atom. The van der Waals surface area contributed by atoms with Crippen LogP contribution < -0.4 is 0 Å². The molecule has 0 bridgehead atoms. The van der Waals surface area contributed by atoms with Crippen molar-refractivity contribution in [3.8, 4) is 0 Å². The predicted octanol–water partition coefficient (Wildman–Crippen LogP) is 19.1. The summed E-state index contributed by atoms with van der Waals surface area (Å²) in [5.74, 6) is -0.954. The fraction of sp³-hybridized carbons (Fsp3) is 0.667. The summed E-state index contributed by atoms with van der Waals surface area (Å²) in [6.45, 7) is 6.33. The second-order valence-electron chi connectivity index (χ2n) is 18.4. The van der Waals surface area contributed by atoms with Crippen LogP contribution in [0.4, 0.5) is 0 Å². The summed E-state index contributed by atoms with van der Waals surface area (Å²) in [4.78, 5) is 38.1. The van der Waals surface area contributed by atoms with Gasteiger partial charge in [0.1, 0.15) is 13.2 Å². The maximum atomic E-state index is 12.8. The molecule has 0 aliphatic carbocycles. The summed E-state index contributed by atoms with van der Waals surface area (Å²) in [5, 5.41) is 0. The molecule has 0 fully saturated rings. The molecule has 0 aliphatic rings. The molecule has 1 unspecified atom stereocenters. The summed E-state index contributed by atoms with van der Waals surface area (Å²) >= 11 is 0. The monoisotopic (exact) mass is 957 g/mol. The minimum Gasteiger partial charge on any atom is -0.462 e. The van der Waals surface area contributed by atoms with Gasteiger partial charge in [0, 0.05) is 19.3 Å². The van der Waals surface area contributed by atoms with E-state index in [2.05, 4.69) is 130 Å². The van der Waals surface area contributed by atoms with Crippen LogP contribution in [-0.2, 0) is 28.6 Å². The fourth-order valence-electron chi connectivity index (χ4n) is 7.52. The first-order valence-electron chi connectivity index (χ1n) is 28.4. The molecule has 392 valence electrons. The van der Waals surface area contributed by atoms with Crippen LogP contribution in [0.3, 0.4) is 0 Å². The summed E-state index contributed by atoms with van der Waals surface area (Å²) in [6, 6.07) is 0. The second kappa shape index (κ2) is 56.7. The van der Waals surface area contributed by atoms with E-state index in [-0.39, 0.29) is 37.5 Å². The molecule has 6 heteroatoms. The number of carbonyl (C=O) groups excluding carboxylic acids is 3. The first-order valence-corrected chi connectivity index (χ1v) is 28.4. The van der Waals surface area contributed by atoms with E-state index < -0.39 is 6.10 Å². The largest absolute Gasteiger partial charge is 0.462 e. The second-order valence-corrected chi connectivity index (χ2v) is 18.4. The Labute approximate surface area is 425 Å². The van der Waals surface area contributed by atoms with E-state index in [1.807, 2.05) is 0 Å². The molecule has 0 saturated carbocycles. The van der Waals surface area contributed by atoms with Crippen LogP contribution >= 0.6 is 0 Å². The molecule has 0 aliphatic heterocycles. The van der Waals surface area contributed by atoms with Crippen molar-refractivity contribution >= 4 is 17.9 Å². The van der Waals surface area contributed by atoms with Crippen molar-refractivity contribution < 1.29 is 28.6 Å². The summed E-state index contributed by atoms with van der Waals surface area (Å²) in [7, 11) is 0. The number of hydrogen-bond donors (Lipinski definition) is 0. The molecule has 0 amide bonds. The first-order chi connectivity index (χ1) is 34.0. The van der Waals surface area contributed by atoms with Crippen molar-refractivity contribution in [2.45, 2.75) is 258 Å². The van der Waals surface area contributed by atoms with Crippen LogP contribution in [0, 0.1) is 0 Å². The van der Waals surface area contributed by atoms with E-state index >= 15 is 0 Å². The summed E-state index contributed by atoms with van der Waals surface area (Å²) in [6.07, 6.45) is 76.6. The Bertz CT molecular complexity index is 1420. The zero-order valence-corrected chi connectivity index (χ0v) is 44.8. The van der Waals surface area contributed by atoms with Gasteiger partial charge < -0.3 is 14.2 Å². The zero-order valence-electron chi connectivity index (χ0n) is 44.8. The van der Waals surface area contributed by atoms with Gasteiger partial charge in [0.15, 0.2) is 6.10 Å². The lowest BCUT2D eigenvalue weighted by atomic mass is 10.0. The summed E-state index contributed by atoms with van der Waals surface area (Å²) < 4.78 is 16.8. The van der Waals surface area contributed by atoms with E-state index in [9.17, 15) is 14.4 Å². The van der Waals surface area contributed by atoms with Crippen LogP contribution in [0.2, 0.25) is 0 Å². The molecule has 1 atom stereocenters. The van der Waals surface area contributed by atoms with Gasteiger partial charge >= 0.3 is 17.9 Å². The molecular formula is C63H104O6. The third-order valence-corrected chi connectivity index (χ3v) is 11.7. The van der Waals surface area contributed by atoms with Gasteiger partial charge in [0.05, 0.1) is 0 Å². The Kier molecular flexibility index (Phi) is 53.4. The van der Waals surface area contributed by atoms with E-state index in [1.54, 1.807) is 0 Å². The Morgan fingerprint density at radius 3 is 0.928 bits per heavy atom. The SMILES string of the molecule is CC/C=C\C/C=C\C/C=C\C/C=C\CCCCCCCCCCCCCCC(=O)OCC(COC(=O)CCCCCCC/C=C\CCCC)OC(=O)CCCC/C=C\C/C=C\C/C=C\C/C=C\CC. The number of hydrogen-bond acceptors (Lipinski definition) is 6. The Morgan fingerprint density at radius 1 is 0.304 bits per heavy atom. The van der Waals surface area contributed by atoms with Crippen LogP contribution in [0.1, 0.15) is 252 Å². The van der Waals surface area contributed by atoms with Crippen molar-refractivity contribution in [1.29, 1.82) is 0 Å². The highest BCUT2D eigenvalue weighted by Crippen LogP contribution is 2.15. The lowest BCUT2D eigenvalue weighted by Crippen LogP contribution is -2.30. The average Bonchev–Trinajstić information content (AvgIpc) is 3.35. The van der Waals surface area contributed by atoms with Crippen molar-refractivity contribution in [2.75, 3.05) is 13.2 Å². The third kappa shape index (κ3) is 54.9. The normalized spacial score (nSPS) is 12.9.